The van der Waals surface area contributed by atoms with Gasteiger partial charge in [-0.05, 0) is 0 Å². The summed E-state index contributed by atoms with van der Waals surface area (Å²) < 4.78 is 171. The van der Waals surface area contributed by atoms with Gasteiger partial charge in [-0.2, -0.15) is 39.5 Å². The normalized spacial score (nSPS) is 14.0. The molecule has 0 aliphatic carbocycles. The zero-order chi connectivity index (χ0) is 21.0. The van der Waals surface area contributed by atoms with Gasteiger partial charge in [0.05, 0.1) is 5.56 Å². The van der Waals surface area contributed by atoms with E-state index < -0.39 is 58.5 Å². The van der Waals surface area contributed by atoms with Gasteiger partial charge in [0.1, 0.15) is 5.69 Å². The molecule has 0 bridgehead atoms. The third-order valence-electron chi connectivity index (χ3n) is 3.34. The molecule has 0 saturated carbocycles. The van der Waals surface area contributed by atoms with Gasteiger partial charge in [-0.15, -0.1) is 0 Å². The first-order valence-electron chi connectivity index (χ1n) is 6.07. The van der Waals surface area contributed by atoms with Gasteiger partial charge in [0.15, 0.2) is 23.3 Å². The van der Waals surface area contributed by atoms with E-state index in [1.165, 1.54) is 0 Å². The Kier molecular flexibility index (Phi) is 5.18. The Labute approximate surface area is 136 Å². The highest BCUT2D eigenvalue weighted by molar-refractivity contribution is 5.53. The highest BCUT2D eigenvalue weighted by Crippen LogP contribution is 2.61. The minimum Gasteiger partial charge on any atom is -0.373 e. The van der Waals surface area contributed by atoms with Crippen LogP contribution in [0.25, 0.3) is 0 Å². The number of alkyl halides is 9. The quantitative estimate of drug-likeness (QED) is 0.476. The van der Waals surface area contributed by atoms with Crippen LogP contribution in [0.1, 0.15) is 5.56 Å². The molecular weight excluding hydrogens is 405 g/mol. The summed E-state index contributed by atoms with van der Waals surface area (Å²) in [5.41, 5.74) is -12.9. The second kappa shape index (κ2) is 6.08. The lowest BCUT2D eigenvalue weighted by atomic mass is 9.76. The highest BCUT2D eigenvalue weighted by atomic mass is 19.4. The molecule has 150 valence electrons. The summed E-state index contributed by atoms with van der Waals surface area (Å²) in [6.45, 7) is 0. The standard InChI is InChI=1S/C12H6F13N/c1-26(2)8-6(15)4(13)3(5(14)7(8)16)9(10(17,18)19,11(20,21)22)12(23,24)25/h1-2H3. The summed E-state index contributed by atoms with van der Waals surface area (Å²) in [6, 6.07) is 0. The number of nitrogens with zero attached hydrogens (tertiary/aromatic N) is 1. The monoisotopic (exact) mass is 411 g/mol. The molecular formula is C12H6F13N. The van der Waals surface area contributed by atoms with Crippen LogP contribution in [0.15, 0.2) is 0 Å². The van der Waals surface area contributed by atoms with E-state index in [1.54, 1.807) is 0 Å². The Morgan fingerprint density at radius 1 is 0.538 bits per heavy atom. The lowest BCUT2D eigenvalue weighted by Crippen LogP contribution is -2.64. The molecule has 0 saturated heterocycles. The molecule has 14 heteroatoms. The van der Waals surface area contributed by atoms with Crippen LogP contribution in [-0.2, 0) is 5.41 Å². The molecule has 0 N–H and O–H groups in total. The van der Waals surface area contributed by atoms with Crippen LogP contribution in [0.4, 0.5) is 62.8 Å². The summed E-state index contributed by atoms with van der Waals surface area (Å²) >= 11 is 0. The van der Waals surface area contributed by atoms with Crippen molar-refractivity contribution in [2.45, 2.75) is 23.9 Å². The van der Waals surface area contributed by atoms with Crippen molar-refractivity contribution in [2.24, 2.45) is 0 Å². The minimum absolute atomic E-state index is 0.205. The van der Waals surface area contributed by atoms with E-state index >= 15 is 0 Å². The third-order valence-corrected chi connectivity index (χ3v) is 3.34. The molecule has 26 heavy (non-hydrogen) atoms. The Bertz CT molecular complexity index is 630. The molecule has 0 fully saturated rings. The molecule has 0 aromatic heterocycles. The first-order valence-corrected chi connectivity index (χ1v) is 6.07. The Morgan fingerprint density at radius 3 is 1.00 bits per heavy atom. The maximum atomic E-state index is 13.8. The van der Waals surface area contributed by atoms with Crippen LogP contribution >= 0.6 is 0 Å². The van der Waals surface area contributed by atoms with Crippen LogP contribution in [0.2, 0.25) is 0 Å². The van der Waals surface area contributed by atoms with Crippen LogP contribution in [0, 0.1) is 23.3 Å². The fourth-order valence-corrected chi connectivity index (χ4v) is 2.25. The van der Waals surface area contributed by atoms with E-state index in [9.17, 15) is 57.1 Å². The fraction of sp³-hybridized carbons (Fsp3) is 0.500. The van der Waals surface area contributed by atoms with E-state index in [0.717, 1.165) is 0 Å². The molecule has 0 spiro atoms. The Balaban J connectivity index is 4.30. The number of halogens is 13. The van der Waals surface area contributed by atoms with Crippen LogP contribution in [0.5, 0.6) is 0 Å². The maximum Gasteiger partial charge on any atom is 0.416 e. The summed E-state index contributed by atoms with van der Waals surface area (Å²) in [5, 5.41) is 0. The zero-order valence-corrected chi connectivity index (χ0v) is 12.4. The van der Waals surface area contributed by atoms with Crippen molar-refractivity contribution >= 4 is 5.69 Å². The summed E-state index contributed by atoms with van der Waals surface area (Å²) in [4.78, 5) is 0.205. The van der Waals surface area contributed by atoms with Crippen molar-refractivity contribution in [1.82, 2.24) is 0 Å². The van der Waals surface area contributed by atoms with Crippen molar-refractivity contribution in [3.05, 3.63) is 28.8 Å². The van der Waals surface area contributed by atoms with Crippen LogP contribution in [-0.4, -0.2) is 32.6 Å². The predicted molar refractivity (Wildman–Crippen MR) is 60.4 cm³/mol. The largest absolute Gasteiger partial charge is 0.416 e. The smallest absolute Gasteiger partial charge is 0.373 e. The Hall–Kier alpha value is -1.89. The lowest BCUT2D eigenvalue weighted by Gasteiger charge is -2.39. The molecule has 0 aliphatic heterocycles. The first-order chi connectivity index (χ1) is 11.3. The van der Waals surface area contributed by atoms with Gasteiger partial charge < -0.3 is 4.90 Å². The molecule has 0 atom stereocenters. The number of anilines is 1. The SMILES string of the molecule is CN(C)c1c(F)c(F)c(C(C(F)(F)F)(C(F)(F)F)C(F)(F)F)c(F)c1F. The zero-order valence-electron chi connectivity index (χ0n) is 12.4. The van der Waals surface area contributed by atoms with E-state index in [4.69, 9.17) is 0 Å². The number of rotatable bonds is 2. The predicted octanol–water partition coefficient (Wildman–Crippen LogP) is 5.23. The summed E-state index contributed by atoms with van der Waals surface area (Å²) in [5.74, 6) is -12.7. The Morgan fingerprint density at radius 2 is 0.808 bits per heavy atom. The van der Waals surface area contributed by atoms with Gasteiger partial charge in [0, 0.05) is 14.1 Å². The highest BCUT2D eigenvalue weighted by Gasteiger charge is 2.86. The topological polar surface area (TPSA) is 3.24 Å². The van der Waals surface area contributed by atoms with Gasteiger partial charge in [-0.1, -0.05) is 0 Å². The molecule has 0 aliphatic rings. The van der Waals surface area contributed by atoms with E-state index in [0.29, 0.717) is 14.1 Å². The van der Waals surface area contributed by atoms with E-state index in [2.05, 4.69) is 0 Å². The van der Waals surface area contributed by atoms with Crippen molar-refractivity contribution in [2.75, 3.05) is 19.0 Å². The molecule has 0 amide bonds. The van der Waals surface area contributed by atoms with Crippen molar-refractivity contribution in [1.29, 1.82) is 0 Å². The molecule has 1 aromatic rings. The van der Waals surface area contributed by atoms with Gasteiger partial charge in [-0.25, -0.2) is 17.6 Å². The van der Waals surface area contributed by atoms with Gasteiger partial charge >= 0.3 is 18.5 Å². The molecule has 0 heterocycles. The molecule has 1 rings (SSSR count). The van der Waals surface area contributed by atoms with Crippen LogP contribution in [0.3, 0.4) is 0 Å². The van der Waals surface area contributed by atoms with Crippen molar-refractivity contribution in [3.8, 4) is 0 Å². The fourth-order valence-electron chi connectivity index (χ4n) is 2.25. The summed E-state index contributed by atoms with van der Waals surface area (Å²) in [7, 11) is 1.37. The average molecular weight is 411 g/mol. The van der Waals surface area contributed by atoms with Crippen molar-refractivity contribution in [3.63, 3.8) is 0 Å². The number of hydrogen-bond donors (Lipinski definition) is 0. The summed E-state index contributed by atoms with van der Waals surface area (Å²) in [6.07, 6.45) is -22.3. The maximum absolute atomic E-state index is 13.8. The second-order valence-corrected chi connectivity index (χ2v) is 5.12. The van der Waals surface area contributed by atoms with Crippen molar-refractivity contribution < 1.29 is 57.1 Å². The van der Waals surface area contributed by atoms with Gasteiger partial charge in [0.2, 0.25) is 0 Å². The molecule has 0 radical (unpaired) electrons. The first kappa shape index (κ1) is 22.2. The van der Waals surface area contributed by atoms with Gasteiger partial charge in [0.25, 0.3) is 5.41 Å². The molecule has 0 unspecified atom stereocenters. The molecule has 1 nitrogen and oxygen atoms in total. The molecule has 1 aromatic carbocycles. The third kappa shape index (κ3) is 2.82. The second-order valence-electron chi connectivity index (χ2n) is 5.12. The van der Waals surface area contributed by atoms with Gasteiger partial charge in [-0.3, -0.25) is 0 Å². The minimum atomic E-state index is -7.44. The van der Waals surface area contributed by atoms with Crippen LogP contribution < -0.4 is 4.90 Å². The van der Waals surface area contributed by atoms with E-state index in [-0.39, 0.29) is 4.90 Å². The van der Waals surface area contributed by atoms with E-state index in [1.807, 2.05) is 0 Å². The number of benzene rings is 1. The average Bonchev–Trinajstić information content (AvgIpc) is 2.36. The lowest BCUT2D eigenvalue weighted by molar-refractivity contribution is -0.388. The number of hydrogen-bond acceptors (Lipinski definition) is 1.